The molecule has 0 aliphatic heterocycles. The van der Waals surface area contributed by atoms with Crippen LogP contribution < -0.4 is 10.1 Å². The summed E-state index contributed by atoms with van der Waals surface area (Å²) in [7, 11) is 0. The molecule has 0 fully saturated rings. The third-order valence-corrected chi connectivity index (χ3v) is 3.66. The molecule has 0 aromatic heterocycles. The summed E-state index contributed by atoms with van der Waals surface area (Å²) < 4.78 is 5.88. The standard InChI is InChI=1S/C22H21NO/c1-18(23-21-12-6-3-7-13-21)15-20-11-8-14-22(16-20)24-17-19-9-4-2-5-10-19/h2-14,16,23H,1,15,17H2. The van der Waals surface area contributed by atoms with Crippen molar-refractivity contribution >= 4 is 5.69 Å². The van der Waals surface area contributed by atoms with Gasteiger partial charge in [-0.1, -0.05) is 67.2 Å². The van der Waals surface area contributed by atoms with Gasteiger partial charge in [0.1, 0.15) is 12.4 Å². The zero-order chi connectivity index (χ0) is 16.6. The van der Waals surface area contributed by atoms with Crippen molar-refractivity contribution in [3.63, 3.8) is 0 Å². The van der Waals surface area contributed by atoms with Crippen LogP contribution in [0.15, 0.2) is 97.2 Å². The van der Waals surface area contributed by atoms with Crippen molar-refractivity contribution in [2.75, 3.05) is 5.32 Å². The van der Waals surface area contributed by atoms with Gasteiger partial charge in [0.15, 0.2) is 0 Å². The quantitative estimate of drug-likeness (QED) is 0.627. The Balaban J connectivity index is 1.57. The zero-order valence-electron chi connectivity index (χ0n) is 13.6. The van der Waals surface area contributed by atoms with Crippen LogP contribution in [-0.4, -0.2) is 0 Å². The minimum atomic E-state index is 0.577. The Hall–Kier alpha value is -3.00. The first-order valence-corrected chi connectivity index (χ1v) is 8.05. The summed E-state index contributed by atoms with van der Waals surface area (Å²) in [5, 5.41) is 3.33. The Morgan fingerprint density at radius 3 is 2.21 bits per heavy atom. The van der Waals surface area contributed by atoms with Crippen LogP contribution in [0.3, 0.4) is 0 Å². The van der Waals surface area contributed by atoms with Crippen molar-refractivity contribution in [1.82, 2.24) is 0 Å². The number of para-hydroxylation sites is 1. The highest BCUT2D eigenvalue weighted by atomic mass is 16.5. The molecule has 0 bridgehead atoms. The average Bonchev–Trinajstić information content (AvgIpc) is 2.62. The van der Waals surface area contributed by atoms with Gasteiger partial charge in [0, 0.05) is 17.8 Å². The van der Waals surface area contributed by atoms with Crippen molar-refractivity contribution in [1.29, 1.82) is 0 Å². The first kappa shape index (κ1) is 15.9. The van der Waals surface area contributed by atoms with Gasteiger partial charge in [0.25, 0.3) is 0 Å². The molecule has 120 valence electrons. The number of hydrogen-bond acceptors (Lipinski definition) is 2. The van der Waals surface area contributed by atoms with E-state index in [4.69, 9.17) is 4.74 Å². The van der Waals surface area contributed by atoms with Crippen LogP contribution in [0.25, 0.3) is 0 Å². The number of allylic oxidation sites excluding steroid dienone is 1. The fourth-order valence-electron chi connectivity index (χ4n) is 2.50. The molecule has 0 saturated heterocycles. The first-order chi connectivity index (χ1) is 11.8. The Morgan fingerprint density at radius 2 is 1.46 bits per heavy atom. The molecular formula is C22H21NO. The van der Waals surface area contributed by atoms with Crippen molar-refractivity contribution in [2.45, 2.75) is 13.0 Å². The number of rotatable bonds is 7. The van der Waals surface area contributed by atoms with Crippen molar-refractivity contribution in [2.24, 2.45) is 0 Å². The molecule has 1 N–H and O–H groups in total. The van der Waals surface area contributed by atoms with Crippen LogP contribution in [0.5, 0.6) is 5.75 Å². The Kier molecular flexibility index (Phi) is 5.31. The van der Waals surface area contributed by atoms with E-state index in [2.05, 4.69) is 36.2 Å². The van der Waals surface area contributed by atoms with Gasteiger partial charge in [-0.2, -0.15) is 0 Å². The van der Waals surface area contributed by atoms with E-state index in [0.29, 0.717) is 6.61 Å². The Morgan fingerprint density at radius 1 is 0.792 bits per heavy atom. The lowest BCUT2D eigenvalue weighted by Gasteiger charge is -2.11. The van der Waals surface area contributed by atoms with E-state index in [-0.39, 0.29) is 0 Å². The van der Waals surface area contributed by atoms with Gasteiger partial charge in [-0.15, -0.1) is 0 Å². The molecule has 0 radical (unpaired) electrons. The topological polar surface area (TPSA) is 21.3 Å². The third kappa shape index (κ3) is 4.75. The lowest BCUT2D eigenvalue weighted by molar-refractivity contribution is 0.306. The molecule has 0 unspecified atom stereocenters. The largest absolute Gasteiger partial charge is 0.489 e. The highest BCUT2D eigenvalue weighted by Gasteiger charge is 2.01. The predicted octanol–water partition coefficient (Wildman–Crippen LogP) is 5.43. The smallest absolute Gasteiger partial charge is 0.120 e. The lowest BCUT2D eigenvalue weighted by atomic mass is 10.1. The van der Waals surface area contributed by atoms with E-state index < -0.39 is 0 Å². The van der Waals surface area contributed by atoms with Crippen molar-refractivity contribution < 1.29 is 4.74 Å². The number of anilines is 1. The molecule has 2 nitrogen and oxygen atoms in total. The fraction of sp³-hybridized carbons (Fsp3) is 0.0909. The van der Waals surface area contributed by atoms with Gasteiger partial charge in [0.05, 0.1) is 0 Å². The van der Waals surface area contributed by atoms with Crippen LogP contribution in [-0.2, 0) is 13.0 Å². The summed E-state index contributed by atoms with van der Waals surface area (Å²) in [6, 6.07) is 28.4. The molecule has 0 heterocycles. The summed E-state index contributed by atoms with van der Waals surface area (Å²) in [5.41, 5.74) is 4.35. The fourth-order valence-corrected chi connectivity index (χ4v) is 2.50. The van der Waals surface area contributed by atoms with Gasteiger partial charge in [-0.25, -0.2) is 0 Å². The molecule has 0 aliphatic carbocycles. The molecule has 0 saturated carbocycles. The molecule has 3 aromatic carbocycles. The highest BCUT2D eigenvalue weighted by molar-refractivity contribution is 5.48. The molecule has 24 heavy (non-hydrogen) atoms. The number of ether oxygens (including phenoxy) is 1. The zero-order valence-corrected chi connectivity index (χ0v) is 13.6. The number of hydrogen-bond donors (Lipinski definition) is 1. The van der Waals surface area contributed by atoms with Gasteiger partial charge in [-0.3, -0.25) is 0 Å². The van der Waals surface area contributed by atoms with Crippen LogP contribution >= 0.6 is 0 Å². The molecule has 0 amide bonds. The second-order valence-corrected chi connectivity index (χ2v) is 5.69. The molecule has 0 aliphatic rings. The maximum Gasteiger partial charge on any atom is 0.120 e. The van der Waals surface area contributed by atoms with Crippen molar-refractivity contribution in [3.8, 4) is 5.75 Å². The maximum atomic E-state index is 5.88. The molecule has 3 rings (SSSR count). The maximum absolute atomic E-state index is 5.88. The second-order valence-electron chi connectivity index (χ2n) is 5.69. The van der Waals surface area contributed by atoms with Crippen LogP contribution in [0.2, 0.25) is 0 Å². The summed E-state index contributed by atoms with van der Waals surface area (Å²) in [4.78, 5) is 0. The van der Waals surface area contributed by atoms with Crippen LogP contribution in [0.4, 0.5) is 5.69 Å². The van der Waals surface area contributed by atoms with Gasteiger partial charge in [-0.05, 0) is 35.4 Å². The van der Waals surface area contributed by atoms with E-state index in [1.54, 1.807) is 0 Å². The van der Waals surface area contributed by atoms with Gasteiger partial charge < -0.3 is 10.1 Å². The van der Waals surface area contributed by atoms with Crippen molar-refractivity contribution in [3.05, 3.63) is 108 Å². The monoisotopic (exact) mass is 315 g/mol. The SMILES string of the molecule is C=C(Cc1cccc(OCc2ccccc2)c1)Nc1ccccc1. The van der Waals surface area contributed by atoms with E-state index in [0.717, 1.165) is 29.1 Å². The van der Waals surface area contributed by atoms with Gasteiger partial charge >= 0.3 is 0 Å². The summed E-state index contributed by atoms with van der Waals surface area (Å²) in [5.74, 6) is 0.879. The van der Waals surface area contributed by atoms with E-state index >= 15 is 0 Å². The van der Waals surface area contributed by atoms with Crippen LogP contribution in [0, 0.1) is 0 Å². The van der Waals surface area contributed by atoms with E-state index in [1.807, 2.05) is 60.7 Å². The molecule has 0 spiro atoms. The summed E-state index contributed by atoms with van der Waals surface area (Å²) in [6.07, 6.45) is 0.761. The van der Waals surface area contributed by atoms with Crippen LogP contribution in [0.1, 0.15) is 11.1 Å². The molecular weight excluding hydrogens is 294 g/mol. The second kappa shape index (κ2) is 8.02. The third-order valence-electron chi connectivity index (χ3n) is 3.66. The molecule has 0 atom stereocenters. The molecule has 3 aromatic rings. The summed E-state index contributed by atoms with van der Waals surface area (Å²) in [6.45, 7) is 4.69. The van der Waals surface area contributed by atoms with E-state index in [9.17, 15) is 0 Å². The lowest BCUT2D eigenvalue weighted by Crippen LogP contribution is -2.02. The average molecular weight is 315 g/mol. The Bertz CT molecular complexity index is 781. The normalized spacial score (nSPS) is 10.2. The predicted molar refractivity (Wildman–Crippen MR) is 100 cm³/mol. The first-order valence-electron chi connectivity index (χ1n) is 8.05. The number of nitrogens with one attached hydrogen (secondary N) is 1. The Labute approximate surface area is 143 Å². The molecule has 2 heteroatoms. The van der Waals surface area contributed by atoms with E-state index in [1.165, 1.54) is 5.56 Å². The minimum absolute atomic E-state index is 0.577. The summed E-state index contributed by atoms with van der Waals surface area (Å²) >= 11 is 0. The highest BCUT2D eigenvalue weighted by Crippen LogP contribution is 2.18. The minimum Gasteiger partial charge on any atom is -0.489 e. The number of benzene rings is 3. The van der Waals surface area contributed by atoms with Gasteiger partial charge in [0.2, 0.25) is 0 Å².